The van der Waals surface area contributed by atoms with Gasteiger partial charge in [0, 0.05) is 0 Å². The Kier molecular flexibility index (Phi) is 4.12. The topological polar surface area (TPSA) is 63.6 Å². The second kappa shape index (κ2) is 4.41. The minimum atomic E-state index is -1.51. The maximum absolute atomic E-state index is 10.9. The Balaban J connectivity index is 4.00. The molecule has 0 aliphatic carbocycles. The second-order valence-corrected chi connectivity index (χ2v) is 9.61. The SMILES string of the molecule is CC(OC(=O)CC(=O)O)[Si](C)(C)C. The molecule has 0 aromatic carbocycles. The number of carboxylic acid groups (broad SMARTS) is 1. The normalized spacial score (nSPS) is 13.5. The highest BCUT2D eigenvalue weighted by Gasteiger charge is 2.26. The number of ether oxygens (including phenoxy) is 1. The summed E-state index contributed by atoms with van der Waals surface area (Å²) < 4.78 is 4.97. The first-order valence-electron chi connectivity index (χ1n) is 4.14. The monoisotopic (exact) mass is 204 g/mol. The van der Waals surface area contributed by atoms with E-state index in [-0.39, 0.29) is 5.73 Å². The molecule has 0 aromatic heterocycles. The minimum absolute atomic E-state index is 0.139. The number of rotatable bonds is 4. The lowest BCUT2D eigenvalue weighted by Crippen LogP contribution is -2.39. The molecule has 0 radical (unpaired) electrons. The molecule has 0 saturated heterocycles. The van der Waals surface area contributed by atoms with Gasteiger partial charge in [0.2, 0.25) is 0 Å². The first kappa shape index (κ1) is 12.2. The predicted molar refractivity (Wildman–Crippen MR) is 51.2 cm³/mol. The Labute approximate surface area is 78.9 Å². The molecule has 0 rings (SSSR count). The van der Waals surface area contributed by atoms with Crippen LogP contribution in [0.3, 0.4) is 0 Å². The van der Waals surface area contributed by atoms with Crippen LogP contribution in [0.5, 0.6) is 0 Å². The average Bonchev–Trinajstić information content (AvgIpc) is 1.82. The predicted octanol–water partition coefficient (Wildman–Crippen LogP) is 1.27. The zero-order valence-corrected chi connectivity index (χ0v) is 9.46. The summed E-state index contributed by atoms with van der Waals surface area (Å²) in [5.41, 5.74) is -0.139. The lowest BCUT2D eigenvalue weighted by atomic mass is 10.4. The van der Waals surface area contributed by atoms with Crippen LogP contribution in [0.15, 0.2) is 0 Å². The molecule has 0 fully saturated rings. The molecular weight excluding hydrogens is 188 g/mol. The van der Waals surface area contributed by atoms with E-state index in [1.807, 2.05) is 6.92 Å². The minimum Gasteiger partial charge on any atom is -0.481 e. The number of carbonyl (C=O) groups excluding carboxylic acids is 1. The van der Waals surface area contributed by atoms with Crippen LogP contribution in [-0.2, 0) is 14.3 Å². The highest BCUT2D eigenvalue weighted by molar-refractivity contribution is 6.77. The fraction of sp³-hybridized carbons (Fsp3) is 0.750. The Morgan fingerprint density at radius 1 is 1.38 bits per heavy atom. The van der Waals surface area contributed by atoms with Gasteiger partial charge in [-0.2, -0.15) is 0 Å². The molecule has 1 unspecified atom stereocenters. The quantitative estimate of drug-likeness (QED) is 0.425. The third-order valence-electron chi connectivity index (χ3n) is 1.82. The molecule has 0 amide bonds. The maximum atomic E-state index is 10.9. The molecule has 0 spiro atoms. The maximum Gasteiger partial charge on any atom is 0.317 e. The van der Waals surface area contributed by atoms with Crippen molar-refractivity contribution in [2.75, 3.05) is 0 Å². The molecule has 0 saturated carbocycles. The van der Waals surface area contributed by atoms with Gasteiger partial charge < -0.3 is 9.84 Å². The van der Waals surface area contributed by atoms with Crippen molar-refractivity contribution in [3.8, 4) is 0 Å². The first-order chi connectivity index (χ1) is 5.73. The molecule has 0 bridgehead atoms. The number of esters is 1. The lowest BCUT2D eigenvalue weighted by Gasteiger charge is -2.24. The van der Waals surface area contributed by atoms with Crippen LogP contribution in [-0.4, -0.2) is 30.8 Å². The summed E-state index contributed by atoms with van der Waals surface area (Å²) in [7, 11) is -1.51. The molecule has 0 aliphatic rings. The second-order valence-electron chi connectivity index (χ2n) is 4.07. The van der Waals surface area contributed by atoms with Crippen molar-refractivity contribution in [1.29, 1.82) is 0 Å². The van der Waals surface area contributed by atoms with E-state index < -0.39 is 26.4 Å². The zero-order valence-electron chi connectivity index (χ0n) is 8.46. The van der Waals surface area contributed by atoms with E-state index in [1.54, 1.807) is 0 Å². The van der Waals surface area contributed by atoms with Gasteiger partial charge >= 0.3 is 11.9 Å². The van der Waals surface area contributed by atoms with E-state index in [9.17, 15) is 9.59 Å². The van der Waals surface area contributed by atoms with Gasteiger partial charge in [-0.15, -0.1) is 0 Å². The van der Waals surface area contributed by atoms with Crippen LogP contribution >= 0.6 is 0 Å². The van der Waals surface area contributed by atoms with Crippen molar-refractivity contribution in [2.45, 2.75) is 38.7 Å². The van der Waals surface area contributed by atoms with Gasteiger partial charge in [0.25, 0.3) is 0 Å². The first-order valence-corrected chi connectivity index (χ1v) is 7.72. The van der Waals surface area contributed by atoms with E-state index in [1.165, 1.54) is 0 Å². The van der Waals surface area contributed by atoms with Gasteiger partial charge in [-0.05, 0) is 6.92 Å². The van der Waals surface area contributed by atoms with Crippen LogP contribution in [0.1, 0.15) is 13.3 Å². The summed E-state index contributed by atoms with van der Waals surface area (Å²) in [6, 6.07) is 0. The van der Waals surface area contributed by atoms with Crippen LogP contribution in [0, 0.1) is 0 Å². The third kappa shape index (κ3) is 5.40. The summed E-state index contributed by atoms with van der Waals surface area (Å²) in [5.74, 6) is -1.80. The van der Waals surface area contributed by atoms with Crippen LogP contribution in [0.4, 0.5) is 0 Å². The Hall–Kier alpha value is -0.843. The van der Waals surface area contributed by atoms with E-state index in [0.717, 1.165) is 0 Å². The standard InChI is InChI=1S/C8H16O4Si/c1-6(13(2,3)4)12-8(11)5-7(9)10/h6H,5H2,1-4H3,(H,9,10). The summed E-state index contributed by atoms with van der Waals surface area (Å²) in [6.45, 7) is 8.00. The van der Waals surface area contributed by atoms with Gasteiger partial charge in [0.05, 0.1) is 13.8 Å². The highest BCUT2D eigenvalue weighted by atomic mass is 28.3. The molecule has 1 atom stereocenters. The average molecular weight is 204 g/mol. The van der Waals surface area contributed by atoms with Gasteiger partial charge in [0.1, 0.15) is 6.42 Å². The molecule has 76 valence electrons. The molecule has 5 heteroatoms. The third-order valence-corrected chi connectivity index (χ3v) is 4.38. The summed E-state index contributed by atoms with van der Waals surface area (Å²) in [5, 5.41) is 8.31. The van der Waals surface area contributed by atoms with Crippen LogP contribution in [0.2, 0.25) is 19.6 Å². The number of aliphatic carboxylic acids is 1. The molecule has 4 nitrogen and oxygen atoms in total. The Morgan fingerprint density at radius 2 is 1.85 bits per heavy atom. The van der Waals surface area contributed by atoms with Gasteiger partial charge in [0.15, 0.2) is 0 Å². The van der Waals surface area contributed by atoms with Crippen LogP contribution < -0.4 is 0 Å². The van der Waals surface area contributed by atoms with Crippen molar-refractivity contribution >= 4 is 20.0 Å². The Bertz CT molecular complexity index is 207. The van der Waals surface area contributed by atoms with Crippen molar-refractivity contribution in [3.05, 3.63) is 0 Å². The lowest BCUT2D eigenvalue weighted by molar-refractivity contribution is -0.152. The molecule has 0 aliphatic heterocycles. The fourth-order valence-electron chi connectivity index (χ4n) is 0.539. The van der Waals surface area contributed by atoms with Crippen molar-refractivity contribution < 1.29 is 19.4 Å². The fourth-order valence-corrected chi connectivity index (χ4v) is 1.02. The van der Waals surface area contributed by atoms with Crippen molar-refractivity contribution in [2.24, 2.45) is 0 Å². The molecule has 1 N–H and O–H groups in total. The van der Waals surface area contributed by atoms with Gasteiger partial charge in [-0.1, -0.05) is 19.6 Å². The van der Waals surface area contributed by atoms with E-state index in [4.69, 9.17) is 9.84 Å². The number of hydrogen-bond acceptors (Lipinski definition) is 3. The van der Waals surface area contributed by atoms with Gasteiger partial charge in [-0.25, -0.2) is 0 Å². The van der Waals surface area contributed by atoms with Gasteiger partial charge in [-0.3, -0.25) is 9.59 Å². The molecule has 0 heterocycles. The van der Waals surface area contributed by atoms with E-state index in [0.29, 0.717) is 0 Å². The zero-order chi connectivity index (χ0) is 10.6. The molecule has 0 aromatic rings. The summed E-state index contributed by atoms with van der Waals surface area (Å²) >= 11 is 0. The Morgan fingerprint density at radius 3 is 2.15 bits per heavy atom. The van der Waals surface area contributed by atoms with Crippen LogP contribution in [0.25, 0.3) is 0 Å². The van der Waals surface area contributed by atoms with Crippen molar-refractivity contribution in [1.82, 2.24) is 0 Å². The number of carboxylic acids is 1. The summed E-state index contributed by atoms with van der Waals surface area (Å²) in [4.78, 5) is 21.1. The van der Waals surface area contributed by atoms with E-state index >= 15 is 0 Å². The smallest absolute Gasteiger partial charge is 0.317 e. The molecule has 13 heavy (non-hydrogen) atoms. The number of hydrogen-bond donors (Lipinski definition) is 1. The largest absolute Gasteiger partial charge is 0.481 e. The van der Waals surface area contributed by atoms with Crippen molar-refractivity contribution in [3.63, 3.8) is 0 Å². The van der Waals surface area contributed by atoms with E-state index in [2.05, 4.69) is 19.6 Å². The summed E-state index contributed by atoms with van der Waals surface area (Å²) in [6.07, 6.45) is -0.547. The number of carbonyl (C=O) groups is 2. The molecular formula is C8H16O4Si. The highest BCUT2D eigenvalue weighted by Crippen LogP contribution is 2.11.